The van der Waals surface area contributed by atoms with Crippen molar-refractivity contribution in [2.45, 2.75) is 46.1 Å². The Balaban J connectivity index is 1.98. The van der Waals surface area contributed by atoms with Crippen LogP contribution in [0.15, 0.2) is 18.2 Å². The van der Waals surface area contributed by atoms with E-state index in [0.29, 0.717) is 5.92 Å². The average Bonchev–Trinajstić information content (AvgIpc) is 2.68. The highest BCUT2D eigenvalue weighted by molar-refractivity contribution is 5.44. The second kappa shape index (κ2) is 5.75. The molecule has 2 unspecified atom stereocenters. The van der Waals surface area contributed by atoms with Crippen molar-refractivity contribution in [3.63, 3.8) is 0 Å². The predicted molar refractivity (Wildman–Crippen MR) is 75.8 cm³/mol. The quantitative estimate of drug-likeness (QED) is 0.861. The number of hydrogen-bond acceptors (Lipinski definition) is 2. The first-order chi connectivity index (χ1) is 8.58. The molecular formula is C16H25NO. The Morgan fingerprint density at radius 1 is 1.33 bits per heavy atom. The highest BCUT2D eigenvalue weighted by atomic mass is 16.5. The maximum Gasteiger partial charge on any atom is 0.122 e. The molecule has 2 heteroatoms. The molecule has 0 amide bonds. The molecule has 2 N–H and O–H groups in total. The van der Waals surface area contributed by atoms with Gasteiger partial charge in [0.15, 0.2) is 0 Å². The lowest BCUT2D eigenvalue weighted by Crippen LogP contribution is -2.12. The third kappa shape index (κ3) is 3.05. The molecule has 0 radical (unpaired) electrons. The lowest BCUT2D eigenvalue weighted by molar-refractivity contribution is 0.237. The minimum Gasteiger partial charge on any atom is -0.493 e. The van der Waals surface area contributed by atoms with Crippen LogP contribution in [0.3, 0.4) is 0 Å². The normalized spacial score (nSPS) is 19.9. The molecule has 100 valence electrons. The van der Waals surface area contributed by atoms with Crippen LogP contribution < -0.4 is 10.5 Å². The van der Waals surface area contributed by atoms with Gasteiger partial charge in [-0.05, 0) is 48.3 Å². The van der Waals surface area contributed by atoms with Crippen molar-refractivity contribution in [2.75, 3.05) is 6.61 Å². The van der Waals surface area contributed by atoms with Crippen LogP contribution in [-0.4, -0.2) is 6.61 Å². The zero-order valence-corrected chi connectivity index (χ0v) is 11.8. The van der Waals surface area contributed by atoms with E-state index < -0.39 is 0 Å². The third-order valence-corrected chi connectivity index (χ3v) is 3.67. The molecular weight excluding hydrogens is 222 g/mol. The molecule has 0 bridgehead atoms. The molecule has 0 saturated carbocycles. The van der Waals surface area contributed by atoms with Gasteiger partial charge in [-0.3, -0.25) is 0 Å². The summed E-state index contributed by atoms with van der Waals surface area (Å²) in [5.74, 6) is 2.39. The molecule has 1 aliphatic carbocycles. The highest BCUT2D eigenvalue weighted by Crippen LogP contribution is 2.35. The molecule has 0 heterocycles. The van der Waals surface area contributed by atoms with E-state index in [9.17, 15) is 0 Å². The standard InChI is InChI=1S/C16H25NO/c1-11(2)9-12(3)10-18-16-6-4-5-13-14(16)7-8-15(13)17/h4-6,11-12,15H,7-10,17H2,1-3H3. The number of rotatable bonds is 5. The van der Waals surface area contributed by atoms with E-state index in [2.05, 4.69) is 39.0 Å². The van der Waals surface area contributed by atoms with Gasteiger partial charge in [-0.1, -0.05) is 32.9 Å². The maximum absolute atomic E-state index is 6.08. The van der Waals surface area contributed by atoms with Gasteiger partial charge in [0.1, 0.15) is 5.75 Å². The lowest BCUT2D eigenvalue weighted by atomic mass is 10.00. The van der Waals surface area contributed by atoms with Gasteiger partial charge in [0.25, 0.3) is 0 Å². The molecule has 1 aromatic carbocycles. The van der Waals surface area contributed by atoms with Crippen LogP contribution in [0.1, 0.15) is 50.8 Å². The number of fused-ring (bicyclic) bond motifs is 1. The van der Waals surface area contributed by atoms with Crippen molar-refractivity contribution in [1.29, 1.82) is 0 Å². The summed E-state index contributed by atoms with van der Waals surface area (Å²) in [7, 11) is 0. The van der Waals surface area contributed by atoms with Gasteiger partial charge < -0.3 is 10.5 Å². The van der Waals surface area contributed by atoms with E-state index in [-0.39, 0.29) is 6.04 Å². The summed E-state index contributed by atoms with van der Waals surface area (Å²) < 4.78 is 6.00. The van der Waals surface area contributed by atoms with Gasteiger partial charge in [-0.15, -0.1) is 0 Å². The molecule has 0 saturated heterocycles. The first-order valence-corrected chi connectivity index (χ1v) is 7.08. The summed E-state index contributed by atoms with van der Waals surface area (Å²) in [5.41, 5.74) is 8.70. The summed E-state index contributed by atoms with van der Waals surface area (Å²) in [5, 5.41) is 0. The minimum absolute atomic E-state index is 0.205. The first kappa shape index (κ1) is 13.4. The zero-order valence-electron chi connectivity index (χ0n) is 11.8. The van der Waals surface area contributed by atoms with E-state index in [4.69, 9.17) is 10.5 Å². The van der Waals surface area contributed by atoms with Gasteiger partial charge in [-0.2, -0.15) is 0 Å². The Morgan fingerprint density at radius 2 is 2.11 bits per heavy atom. The van der Waals surface area contributed by atoms with Crippen LogP contribution >= 0.6 is 0 Å². The molecule has 1 aliphatic rings. The number of hydrogen-bond donors (Lipinski definition) is 1. The Kier molecular flexibility index (Phi) is 4.28. The molecule has 1 aromatic rings. The monoisotopic (exact) mass is 247 g/mol. The zero-order chi connectivity index (χ0) is 13.1. The fourth-order valence-electron chi connectivity index (χ4n) is 2.89. The lowest BCUT2D eigenvalue weighted by Gasteiger charge is -2.17. The second-order valence-corrected chi connectivity index (χ2v) is 6.01. The van der Waals surface area contributed by atoms with E-state index in [1.807, 2.05) is 0 Å². The fourth-order valence-corrected chi connectivity index (χ4v) is 2.89. The summed E-state index contributed by atoms with van der Waals surface area (Å²) >= 11 is 0. The average molecular weight is 247 g/mol. The van der Waals surface area contributed by atoms with Crippen molar-refractivity contribution < 1.29 is 4.74 Å². The van der Waals surface area contributed by atoms with Gasteiger partial charge in [-0.25, -0.2) is 0 Å². The summed E-state index contributed by atoms with van der Waals surface area (Å²) in [6, 6.07) is 6.49. The van der Waals surface area contributed by atoms with Gasteiger partial charge >= 0.3 is 0 Å². The Hall–Kier alpha value is -1.02. The van der Waals surface area contributed by atoms with Crippen LogP contribution in [0.4, 0.5) is 0 Å². The molecule has 0 fully saturated rings. The maximum atomic E-state index is 6.08. The van der Waals surface area contributed by atoms with Gasteiger partial charge in [0, 0.05) is 6.04 Å². The van der Waals surface area contributed by atoms with Crippen LogP contribution in [-0.2, 0) is 6.42 Å². The van der Waals surface area contributed by atoms with Crippen molar-refractivity contribution in [3.8, 4) is 5.75 Å². The van der Waals surface area contributed by atoms with E-state index in [0.717, 1.165) is 31.1 Å². The second-order valence-electron chi connectivity index (χ2n) is 6.01. The summed E-state index contributed by atoms with van der Waals surface area (Å²) in [6.07, 6.45) is 3.33. The topological polar surface area (TPSA) is 35.2 Å². The minimum atomic E-state index is 0.205. The van der Waals surface area contributed by atoms with Crippen molar-refractivity contribution in [1.82, 2.24) is 0 Å². The molecule has 0 aliphatic heterocycles. The SMILES string of the molecule is CC(C)CC(C)COc1cccc2c1CCC2N. The molecule has 2 rings (SSSR count). The Morgan fingerprint density at radius 3 is 2.83 bits per heavy atom. The summed E-state index contributed by atoms with van der Waals surface area (Å²) in [6.45, 7) is 7.59. The van der Waals surface area contributed by atoms with Crippen LogP contribution in [0.25, 0.3) is 0 Å². The molecule has 0 spiro atoms. The van der Waals surface area contributed by atoms with Crippen molar-refractivity contribution in [2.24, 2.45) is 17.6 Å². The summed E-state index contributed by atoms with van der Waals surface area (Å²) in [4.78, 5) is 0. The molecule has 2 atom stereocenters. The fraction of sp³-hybridized carbons (Fsp3) is 0.625. The van der Waals surface area contributed by atoms with E-state index >= 15 is 0 Å². The Labute approximate surface area is 111 Å². The van der Waals surface area contributed by atoms with Gasteiger partial charge in [0.2, 0.25) is 0 Å². The Bertz CT molecular complexity index is 400. The number of benzene rings is 1. The van der Waals surface area contributed by atoms with E-state index in [1.165, 1.54) is 17.5 Å². The number of ether oxygens (including phenoxy) is 1. The molecule has 0 aromatic heterocycles. The van der Waals surface area contributed by atoms with Crippen LogP contribution in [0.5, 0.6) is 5.75 Å². The molecule has 2 nitrogen and oxygen atoms in total. The number of nitrogens with two attached hydrogens (primary N) is 1. The van der Waals surface area contributed by atoms with Crippen molar-refractivity contribution >= 4 is 0 Å². The van der Waals surface area contributed by atoms with Gasteiger partial charge in [0.05, 0.1) is 6.61 Å². The third-order valence-electron chi connectivity index (χ3n) is 3.67. The van der Waals surface area contributed by atoms with Crippen LogP contribution in [0.2, 0.25) is 0 Å². The van der Waals surface area contributed by atoms with Crippen LogP contribution in [0, 0.1) is 11.8 Å². The highest BCUT2D eigenvalue weighted by Gasteiger charge is 2.22. The predicted octanol–water partition coefficient (Wildman–Crippen LogP) is 3.69. The van der Waals surface area contributed by atoms with Crippen molar-refractivity contribution in [3.05, 3.63) is 29.3 Å². The van der Waals surface area contributed by atoms with E-state index in [1.54, 1.807) is 0 Å². The molecule has 18 heavy (non-hydrogen) atoms. The smallest absolute Gasteiger partial charge is 0.122 e. The largest absolute Gasteiger partial charge is 0.493 e. The first-order valence-electron chi connectivity index (χ1n) is 7.08.